The number of hydrogen-bond acceptors (Lipinski definition) is 6. The van der Waals surface area contributed by atoms with Gasteiger partial charge in [-0.2, -0.15) is 0 Å². The molecule has 0 aliphatic heterocycles. The largest absolute Gasteiger partial charge is 0.493 e. The third-order valence-electron chi connectivity index (χ3n) is 4.51. The Morgan fingerprint density at radius 2 is 1.42 bits per heavy atom. The van der Waals surface area contributed by atoms with Crippen LogP contribution in [0.4, 0.5) is 0 Å². The van der Waals surface area contributed by atoms with Gasteiger partial charge in [-0.05, 0) is 35.4 Å². The van der Waals surface area contributed by atoms with Crippen molar-refractivity contribution in [2.45, 2.75) is 13.1 Å². The van der Waals surface area contributed by atoms with Crippen LogP contribution in [0.3, 0.4) is 0 Å². The van der Waals surface area contributed by atoms with E-state index in [-0.39, 0.29) is 36.4 Å². The van der Waals surface area contributed by atoms with Gasteiger partial charge in [0.2, 0.25) is 11.7 Å². The second kappa shape index (κ2) is 14.0. The number of nitrogens with one attached hydrogen (secondary N) is 3. The van der Waals surface area contributed by atoms with Crippen LogP contribution in [-0.2, 0) is 17.9 Å². The summed E-state index contributed by atoms with van der Waals surface area (Å²) in [5.41, 5.74) is 7.35. The molecule has 0 saturated carbocycles. The molecule has 0 heterocycles. The Labute approximate surface area is 210 Å². The Kier molecular flexibility index (Phi) is 11.8. The standard InChI is InChI=1S/C22H29N5O5.HI/c1-24-22(27-12-15-9-17(30-2)20(32-4)18(10-15)31-3)26-11-14-5-7-16(8-6-14)21(29)25-13-19(23)28;/h5-10H,11-13H2,1-4H3,(H2,23,28)(H,25,29)(H2,24,26,27);1H. The van der Waals surface area contributed by atoms with E-state index in [1.807, 2.05) is 24.3 Å². The van der Waals surface area contributed by atoms with E-state index < -0.39 is 5.91 Å². The van der Waals surface area contributed by atoms with Gasteiger partial charge in [0.15, 0.2) is 17.5 Å². The van der Waals surface area contributed by atoms with Gasteiger partial charge < -0.3 is 35.9 Å². The van der Waals surface area contributed by atoms with Crippen molar-refractivity contribution in [1.82, 2.24) is 16.0 Å². The molecule has 0 aliphatic rings. The maximum atomic E-state index is 11.9. The Morgan fingerprint density at radius 3 is 1.88 bits per heavy atom. The molecule has 0 saturated heterocycles. The number of ether oxygens (including phenoxy) is 3. The number of halogens is 1. The molecule has 0 unspecified atom stereocenters. The van der Waals surface area contributed by atoms with E-state index in [9.17, 15) is 9.59 Å². The number of amides is 2. The number of carbonyl (C=O) groups is 2. The molecule has 2 aromatic carbocycles. The van der Waals surface area contributed by atoms with Gasteiger partial charge in [0, 0.05) is 25.7 Å². The van der Waals surface area contributed by atoms with Crippen LogP contribution in [0.2, 0.25) is 0 Å². The SMILES string of the molecule is CN=C(NCc1ccc(C(=O)NCC(N)=O)cc1)NCc1cc(OC)c(OC)c(OC)c1.I. The molecule has 0 atom stereocenters. The lowest BCUT2D eigenvalue weighted by Crippen LogP contribution is -2.36. The summed E-state index contributed by atoms with van der Waals surface area (Å²) < 4.78 is 16.1. The predicted octanol–water partition coefficient (Wildman–Crippen LogP) is 1.41. The third kappa shape index (κ3) is 8.33. The molecule has 5 N–H and O–H groups in total. The topological polar surface area (TPSA) is 136 Å². The van der Waals surface area contributed by atoms with E-state index >= 15 is 0 Å². The molecule has 2 amide bonds. The van der Waals surface area contributed by atoms with Crippen molar-refractivity contribution in [1.29, 1.82) is 0 Å². The highest BCUT2D eigenvalue weighted by molar-refractivity contribution is 14.0. The van der Waals surface area contributed by atoms with Gasteiger partial charge in [0.25, 0.3) is 5.91 Å². The molecule has 33 heavy (non-hydrogen) atoms. The monoisotopic (exact) mass is 571 g/mol. The van der Waals surface area contributed by atoms with Gasteiger partial charge in [-0.25, -0.2) is 0 Å². The van der Waals surface area contributed by atoms with E-state index in [0.717, 1.165) is 11.1 Å². The van der Waals surface area contributed by atoms with Crippen LogP contribution in [0, 0.1) is 0 Å². The minimum absolute atomic E-state index is 0. The lowest BCUT2D eigenvalue weighted by Gasteiger charge is -2.16. The molecule has 2 rings (SSSR count). The molecule has 0 bridgehead atoms. The fraction of sp³-hybridized carbons (Fsp3) is 0.318. The molecule has 0 aliphatic carbocycles. The Bertz CT molecular complexity index is 941. The summed E-state index contributed by atoms with van der Waals surface area (Å²) in [5.74, 6) is 1.34. The van der Waals surface area contributed by atoms with Crippen molar-refractivity contribution in [3.63, 3.8) is 0 Å². The van der Waals surface area contributed by atoms with E-state index in [1.54, 1.807) is 40.5 Å². The van der Waals surface area contributed by atoms with Crippen LogP contribution in [0.5, 0.6) is 17.2 Å². The summed E-state index contributed by atoms with van der Waals surface area (Å²) >= 11 is 0. The maximum absolute atomic E-state index is 11.9. The summed E-state index contributed by atoms with van der Waals surface area (Å²) in [6, 6.07) is 10.7. The zero-order chi connectivity index (χ0) is 23.5. The van der Waals surface area contributed by atoms with E-state index in [1.165, 1.54) is 0 Å². The first-order chi connectivity index (χ1) is 15.4. The highest BCUT2D eigenvalue weighted by Crippen LogP contribution is 2.38. The molecule has 0 spiro atoms. The fourth-order valence-corrected chi connectivity index (χ4v) is 2.87. The number of guanidine groups is 1. The summed E-state index contributed by atoms with van der Waals surface area (Å²) in [7, 11) is 6.38. The van der Waals surface area contributed by atoms with Crippen LogP contribution in [-0.4, -0.2) is 52.7 Å². The van der Waals surface area contributed by atoms with Gasteiger partial charge >= 0.3 is 0 Å². The first kappa shape index (κ1) is 27.8. The van der Waals surface area contributed by atoms with Crippen molar-refractivity contribution >= 4 is 41.8 Å². The molecule has 0 radical (unpaired) electrons. The second-order valence-corrected chi connectivity index (χ2v) is 6.66. The number of primary amides is 1. The van der Waals surface area contributed by atoms with Crippen LogP contribution in [0.25, 0.3) is 0 Å². The summed E-state index contributed by atoms with van der Waals surface area (Å²) in [4.78, 5) is 26.9. The van der Waals surface area contributed by atoms with Crippen LogP contribution in [0.1, 0.15) is 21.5 Å². The number of aliphatic imine (C=N–C) groups is 1. The minimum atomic E-state index is -0.593. The summed E-state index contributed by atoms with van der Waals surface area (Å²) in [6.07, 6.45) is 0. The molecule has 180 valence electrons. The Balaban J connectivity index is 0.00000544. The highest BCUT2D eigenvalue weighted by atomic mass is 127. The third-order valence-corrected chi connectivity index (χ3v) is 4.51. The van der Waals surface area contributed by atoms with Gasteiger partial charge in [-0.15, -0.1) is 24.0 Å². The predicted molar refractivity (Wildman–Crippen MR) is 137 cm³/mol. The summed E-state index contributed by atoms with van der Waals surface area (Å²) in [5, 5.41) is 8.90. The average Bonchev–Trinajstić information content (AvgIpc) is 2.82. The number of carbonyl (C=O) groups excluding carboxylic acids is 2. The zero-order valence-corrected chi connectivity index (χ0v) is 21.4. The van der Waals surface area contributed by atoms with Crippen LogP contribution in [0.15, 0.2) is 41.4 Å². The molecule has 2 aromatic rings. The molecule has 0 aromatic heterocycles. The smallest absolute Gasteiger partial charge is 0.251 e. The van der Waals surface area contributed by atoms with E-state index in [2.05, 4.69) is 20.9 Å². The highest BCUT2D eigenvalue weighted by Gasteiger charge is 2.13. The van der Waals surface area contributed by atoms with Crippen molar-refractivity contribution in [2.75, 3.05) is 34.9 Å². The molecular formula is C22H30IN5O5. The number of rotatable bonds is 10. The fourth-order valence-electron chi connectivity index (χ4n) is 2.87. The maximum Gasteiger partial charge on any atom is 0.251 e. The van der Waals surface area contributed by atoms with Crippen molar-refractivity contribution in [2.24, 2.45) is 10.7 Å². The van der Waals surface area contributed by atoms with Gasteiger partial charge in [0.1, 0.15) is 0 Å². The normalized spacial score (nSPS) is 10.5. The molecule has 0 fully saturated rings. The minimum Gasteiger partial charge on any atom is -0.493 e. The quantitative estimate of drug-likeness (QED) is 0.192. The number of methoxy groups -OCH3 is 3. The number of benzene rings is 2. The zero-order valence-electron chi connectivity index (χ0n) is 19.1. The second-order valence-electron chi connectivity index (χ2n) is 6.66. The number of nitrogens with two attached hydrogens (primary N) is 1. The van der Waals surface area contributed by atoms with Gasteiger partial charge in [-0.1, -0.05) is 12.1 Å². The lowest BCUT2D eigenvalue weighted by atomic mass is 10.1. The molecule has 10 nitrogen and oxygen atoms in total. The van der Waals surface area contributed by atoms with Crippen molar-refractivity contribution in [3.05, 3.63) is 53.1 Å². The Hall–Kier alpha value is -3.22. The lowest BCUT2D eigenvalue weighted by molar-refractivity contribution is -0.117. The molecule has 11 heteroatoms. The number of hydrogen-bond donors (Lipinski definition) is 4. The van der Waals surface area contributed by atoms with E-state index in [4.69, 9.17) is 19.9 Å². The van der Waals surface area contributed by atoms with Crippen molar-refractivity contribution < 1.29 is 23.8 Å². The van der Waals surface area contributed by atoms with Crippen LogP contribution >= 0.6 is 24.0 Å². The number of nitrogens with zero attached hydrogens (tertiary/aromatic N) is 1. The summed E-state index contributed by atoms with van der Waals surface area (Å²) in [6.45, 7) is 0.781. The first-order valence-corrected chi connectivity index (χ1v) is 9.80. The average molecular weight is 571 g/mol. The van der Waals surface area contributed by atoms with Gasteiger partial charge in [0.05, 0.1) is 27.9 Å². The van der Waals surface area contributed by atoms with Crippen molar-refractivity contribution in [3.8, 4) is 17.2 Å². The Morgan fingerprint density at radius 1 is 0.879 bits per heavy atom. The van der Waals surface area contributed by atoms with Crippen LogP contribution < -0.4 is 35.9 Å². The molecular weight excluding hydrogens is 541 g/mol. The first-order valence-electron chi connectivity index (χ1n) is 9.80. The van der Waals surface area contributed by atoms with Gasteiger partial charge in [-0.3, -0.25) is 14.6 Å². The van der Waals surface area contributed by atoms with E-state index in [0.29, 0.717) is 41.9 Å².